The third-order valence-corrected chi connectivity index (χ3v) is 10.9. The topological polar surface area (TPSA) is 374 Å². The number of carbonyl (C=O) groups is 9. The highest BCUT2D eigenvalue weighted by molar-refractivity contribution is 7.80. The van der Waals surface area contributed by atoms with Crippen molar-refractivity contribution in [3.8, 4) is 0 Å². The number of aliphatic hydroxyl groups excluding tert-OH is 2. The van der Waals surface area contributed by atoms with Crippen molar-refractivity contribution in [2.75, 3.05) is 25.4 Å². The summed E-state index contributed by atoms with van der Waals surface area (Å²) in [5.74, 6) is -8.49. The predicted octanol–water partition coefficient (Wildman–Crippen LogP) is -4.71. The molecule has 352 valence electrons. The van der Waals surface area contributed by atoms with Crippen molar-refractivity contribution in [1.82, 2.24) is 36.8 Å². The first kappa shape index (κ1) is 53.8. The Kier molecular flexibility index (Phi) is 23.0. The van der Waals surface area contributed by atoms with Crippen LogP contribution in [-0.2, 0) is 49.6 Å². The Morgan fingerprint density at radius 2 is 1.37 bits per heavy atom. The van der Waals surface area contributed by atoms with Crippen LogP contribution in [0.5, 0.6) is 0 Å². The van der Waals surface area contributed by atoms with Crippen LogP contribution in [-0.4, -0.2) is 148 Å². The fourth-order valence-electron chi connectivity index (χ4n) is 6.71. The van der Waals surface area contributed by atoms with E-state index in [1.165, 1.54) is 11.8 Å². The molecular formula is C40H65N11O11S. The minimum Gasteiger partial charge on any atom is -0.394 e. The van der Waals surface area contributed by atoms with E-state index < -0.39 is 127 Å². The highest BCUT2D eigenvalue weighted by Crippen LogP contribution is 2.19. The van der Waals surface area contributed by atoms with E-state index in [1.807, 2.05) is 0 Å². The fraction of sp³-hybridized carbons (Fsp3) is 0.625. The number of nitrogens with zero attached hydrogens (tertiary/aromatic N) is 1. The van der Waals surface area contributed by atoms with Crippen LogP contribution < -0.4 is 54.8 Å². The second-order valence-electron chi connectivity index (χ2n) is 15.6. The van der Waals surface area contributed by atoms with E-state index in [1.54, 1.807) is 44.2 Å². The van der Waals surface area contributed by atoms with Crippen molar-refractivity contribution < 1.29 is 53.4 Å². The Hall–Kier alpha value is -5.36. The number of likely N-dealkylation sites (tertiary alicyclic amines) is 1. The first-order valence-electron chi connectivity index (χ1n) is 20.9. The van der Waals surface area contributed by atoms with Crippen LogP contribution in [0.4, 0.5) is 0 Å². The molecule has 1 aliphatic rings. The zero-order valence-corrected chi connectivity index (χ0v) is 36.8. The van der Waals surface area contributed by atoms with Crippen molar-refractivity contribution in [2.45, 2.75) is 127 Å². The van der Waals surface area contributed by atoms with E-state index in [4.69, 9.17) is 22.9 Å². The molecule has 23 heteroatoms. The minimum absolute atomic E-state index is 0.0788. The van der Waals surface area contributed by atoms with Gasteiger partial charge in [0.25, 0.3) is 0 Å². The second-order valence-corrected chi connectivity index (χ2v) is 15.9. The number of unbranched alkanes of at least 4 members (excludes halogenated alkanes) is 1. The van der Waals surface area contributed by atoms with Crippen molar-refractivity contribution >= 4 is 65.8 Å². The van der Waals surface area contributed by atoms with Crippen LogP contribution in [0.1, 0.15) is 71.3 Å². The molecule has 0 unspecified atom stereocenters. The molecule has 2 rings (SSSR count). The molecule has 16 N–H and O–H groups in total. The molecule has 0 bridgehead atoms. The summed E-state index contributed by atoms with van der Waals surface area (Å²) < 4.78 is 0. The quantitative estimate of drug-likeness (QED) is 0.0292. The van der Waals surface area contributed by atoms with Crippen molar-refractivity contribution in [3.05, 3.63) is 35.9 Å². The third kappa shape index (κ3) is 17.0. The van der Waals surface area contributed by atoms with Gasteiger partial charge >= 0.3 is 0 Å². The molecule has 10 atom stereocenters. The Balaban J connectivity index is 2.39. The summed E-state index contributed by atoms with van der Waals surface area (Å²) in [5, 5.41) is 35.2. The van der Waals surface area contributed by atoms with Gasteiger partial charge in [0.2, 0.25) is 53.2 Å². The molecule has 1 heterocycles. The molecule has 22 nitrogen and oxygen atoms in total. The number of thiol groups is 1. The molecule has 1 fully saturated rings. The van der Waals surface area contributed by atoms with E-state index in [-0.39, 0.29) is 31.6 Å². The van der Waals surface area contributed by atoms with Gasteiger partial charge in [-0.2, -0.15) is 12.6 Å². The third-order valence-electron chi connectivity index (χ3n) is 10.6. The lowest BCUT2D eigenvalue weighted by Crippen LogP contribution is -2.63. The van der Waals surface area contributed by atoms with Crippen LogP contribution in [0.3, 0.4) is 0 Å². The summed E-state index contributed by atoms with van der Waals surface area (Å²) >= 11 is 4.03. The van der Waals surface area contributed by atoms with Gasteiger partial charge in [-0.05, 0) is 57.1 Å². The van der Waals surface area contributed by atoms with Crippen molar-refractivity contribution in [2.24, 2.45) is 28.9 Å². The van der Waals surface area contributed by atoms with Gasteiger partial charge in [0.15, 0.2) is 0 Å². The molecular weight excluding hydrogens is 843 g/mol. The summed E-state index contributed by atoms with van der Waals surface area (Å²) in [5.41, 5.74) is 22.7. The lowest BCUT2D eigenvalue weighted by atomic mass is 9.96. The predicted molar refractivity (Wildman–Crippen MR) is 232 cm³/mol. The molecule has 1 aromatic carbocycles. The first-order valence-corrected chi connectivity index (χ1v) is 21.5. The summed E-state index contributed by atoms with van der Waals surface area (Å²) in [4.78, 5) is 120. The average molecular weight is 908 g/mol. The number of rotatable bonds is 27. The van der Waals surface area contributed by atoms with Gasteiger partial charge in [-0.3, -0.25) is 43.2 Å². The number of nitrogens with one attached hydrogen (secondary N) is 6. The molecule has 0 spiro atoms. The van der Waals surface area contributed by atoms with Gasteiger partial charge in [0, 0.05) is 18.7 Å². The Labute approximate surface area is 371 Å². The van der Waals surface area contributed by atoms with Gasteiger partial charge < -0.3 is 69.9 Å². The zero-order valence-electron chi connectivity index (χ0n) is 35.9. The summed E-state index contributed by atoms with van der Waals surface area (Å²) in [6.07, 6.45) is -0.431. The van der Waals surface area contributed by atoms with Gasteiger partial charge in [0.05, 0.1) is 19.1 Å². The highest BCUT2D eigenvalue weighted by Gasteiger charge is 2.39. The van der Waals surface area contributed by atoms with Crippen molar-refractivity contribution in [1.29, 1.82) is 0 Å². The molecule has 0 aliphatic carbocycles. The van der Waals surface area contributed by atoms with Gasteiger partial charge in [0.1, 0.15) is 48.3 Å². The number of hydrogen-bond acceptors (Lipinski definition) is 14. The molecule has 0 saturated carbocycles. The lowest BCUT2D eigenvalue weighted by Gasteiger charge is -2.30. The van der Waals surface area contributed by atoms with E-state index in [2.05, 4.69) is 44.5 Å². The van der Waals surface area contributed by atoms with Crippen LogP contribution >= 0.6 is 12.6 Å². The SMILES string of the molecule is CC[C@H](C)[C@H](NC(=O)[C@H](Cc1ccccc1)NC(=O)[C@H](CC(N)=O)NC(=O)[C@@H]1CCCN1C(=O)[C@@H](N)CO)C(=O)N[C@H](C(=O)N[C@@H](CCCCN)C(=O)N[C@@H](CS)C(N)=O)[C@@H](C)O. The number of nitrogens with two attached hydrogens (primary N) is 4. The molecule has 9 amide bonds. The fourth-order valence-corrected chi connectivity index (χ4v) is 6.98. The van der Waals surface area contributed by atoms with E-state index in [0.717, 1.165) is 0 Å². The van der Waals surface area contributed by atoms with E-state index in [0.29, 0.717) is 37.8 Å². The molecule has 1 aliphatic heterocycles. The minimum atomic E-state index is -1.65. The lowest BCUT2D eigenvalue weighted by molar-refractivity contribution is -0.141. The summed E-state index contributed by atoms with van der Waals surface area (Å²) in [6, 6.07) is -2.30. The van der Waals surface area contributed by atoms with Crippen LogP contribution in [0, 0.1) is 5.92 Å². The maximum atomic E-state index is 14.2. The number of amides is 9. The second kappa shape index (κ2) is 27.0. The Bertz CT molecular complexity index is 1740. The molecule has 0 radical (unpaired) electrons. The van der Waals surface area contributed by atoms with Crippen LogP contribution in [0.15, 0.2) is 30.3 Å². The maximum Gasteiger partial charge on any atom is 0.245 e. The molecule has 0 aromatic heterocycles. The van der Waals surface area contributed by atoms with E-state index in [9.17, 15) is 53.4 Å². The Morgan fingerprint density at radius 1 is 0.794 bits per heavy atom. The number of aliphatic hydroxyl groups is 2. The van der Waals surface area contributed by atoms with Crippen LogP contribution in [0.25, 0.3) is 0 Å². The standard InChI is InChI=1S/C40H65N11O11S/c1-4-21(2)31(38(60)50-32(22(3)53)39(61)45-25(13-8-9-15-41)34(56)48-28(20-63)33(44)55)49-36(58)26(17-23-11-6-5-7-12-23)46-35(57)27(18-30(43)54)47-37(59)29-14-10-16-51(29)40(62)24(42)19-52/h5-7,11-12,21-22,24-29,31-32,52-53,63H,4,8-10,13-20,41-42H2,1-3H3,(H2,43,54)(H2,44,55)(H,45,61)(H,46,57)(H,47,59)(H,48,56)(H,49,58)(H,50,60)/t21-,22+,24-,25-,26-,27-,28-,29-,31-,32-/m0/s1. The number of benzene rings is 1. The largest absolute Gasteiger partial charge is 0.394 e. The summed E-state index contributed by atoms with van der Waals surface area (Å²) in [7, 11) is 0. The van der Waals surface area contributed by atoms with Gasteiger partial charge in [-0.15, -0.1) is 0 Å². The smallest absolute Gasteiger partial charge is 0.245 e. The number of carbonyl (C=O) groups excluding carboxylic acids is 9. The number of hydrogen-bond donors (Lipinski definition) is 13. The molecule has 63 heavy (non-hydrogen) atoms. The normalized spacial score (nSPS) is 17.8. The van der Waals surface area contributed by atoms with E-state index >= 15 is 0 Å². The van der Waals surface area contributed by atoms with Gasteiger partial charge in [-0.25, -0.2) is 0 Å². The maximum absolute atomic E-state index is 14.2. The Morgan fingerprint density at radius 3 is 1.92 bits per heavy atom. The molecule has 1 aromatic rings. The highest BCUT2D eigenvalue weighted by atomic mass is 32.1. The number of primary amides is 2. The van der Waals surface area contributed by atoms with Crippen LogP contribution in [0.2, 0.25) is 0 Å². The average Bonchev–Trinajstić information content (AvgIpc) is 3.75. The monoisotopic (exact) mass is 907 g/mol. The first-order chi connectivity index (χ1) is 29.8. The zero-order chi connectivity index (χ0) is 47.4. The molecule has 1 saturated heterocycles. The summed E-state index contributed by atoms with van der Waals surface area (Å²) in [6.45, 7) is 4.40. The van der Waals surface area contributed by atoms with Gasteiger partial charge in [-0.1, -0.05) is 50.6 Å². The van der Waals surface area contributed by atoms with Crippen molar-refractivity contribution in [3.63, 3.8) is 0 Å².